The van der Waals surface area contributed by atoms with Gasteiger partial charge in [-0.25, -0.2) is 0 Å². The van der Waals surface area contributed by atoms with Gasteiger partial charge in [-0.1, -0.05) is 12.2 Å². The third kappa shape index (κ3) is 4.39. The van der Waals surface area contributed by atoms with Crippen LogP contribution in [0, 0.1) is 0 Å². The summed E-state index contributed by atoms with van der Waals surface area (Å²) in [6.07, 6.45) is 11.1. The van der Waals surface area contributed by atoms with Gasteiger partial charge in [-0.05, 0) is 25.3 Å². The van der Waals surface area contributed by atoms with Crippen molar-refractivity contribution in [3.63, 3.8) is 0 Å². The molecule has 1 aliphatic rings. The predicted octanol–water partition coefficient (Wildman–Crippen LogP) is 2.64. The summed E-state index contributed by atoms with van der Waals surface area (Å²) in [5.41, 5.74) is 0. The molecule has 2 heteroatoms. The maximum atomic E-state index is 5.15. The standard InChI is InChI=1S/C9H14O.Ir/c1-10-9-7-5-3-2-4-6-8-9;/h2-3,8H,4-7H2,1H3;/q;+1. The monoisotopic (exact) mass is 331 g/mol. The molecule has 0 N–H and O–H groups in total. The van der Waals surface area contributed by atoms with Crippen LogP contribution in [0.4, 0.5) is 0 Å². The van der Waals surface area contributed by atoms with Gasteiger partial charge in [-0.3, -0.25) is 0 Å². The molecule has 0 aromatic carbocycles. The van der Waals surface area contributed by atoms with Crippen molar-refractivity contribution in [1.82, 2.24) is 0 Å². The second kappa shape index (κ2) is 6.63. The van der Waals surface area contributed by atoms with Gasteiger partial charge in [0.05, 0.1) is 12.9 Å². The minimum Gasteiger partial charge on any atom is -0.501 e. The summed E-state index contributed by atoms with van der Waals surface area (Å²) in [4.78, 5) is 0. The van der Waals surface area contributed by atoms with Gasteiger partial charge in [0.2, 0.25) is 0 Å². The summed E-state index contributed by atoms with van der Waals surface area (Å²) in [5, 5.41) is 0. The molecule has 0 aromatic heterocycles. The third-order valence-electron chi connectivity index (χ3n) is 1.69. The first kappa shape index (κ1) is 10.9. The van der Waals surface area contributed by atoms with E-state index in [2.05, 4.69) is 18.2 Å². The maximum Gasteiger partial charge on any atom is 1.00 e. The first-order valence-electron chi connectivity index (χ1n) is 3.81. The minimum atomic E-state index is 0. The minimum absolute atomic E-state index is 0. The van der Waals surface area contributed by atoms with E-state index >= 15 is 0 Å². The van der Waals surface area contributed by atoms with Crippen LogP contribution in [0.15, 0.2) is 24.0 Å². The van der Waals surface area contributed by atoms with Crippen molar-refractivity contribution in [3.8, 4) is 0 Å². The fourth-order valence-electron chi connectivity index (χ4n) is 1.09. The maximum absolute atomic E-state index is 5.15. The predicted molar refractivity (Wildman–Crippen MR) is 42.7 cm³/mol. The second-order valence-corrected chi connectivity index (χ2v) is 2.46. The van der Waals surface area contributed by atoms with Gasteiger partial charge in [0.15, 0.2) is 0 Å². The van der Waals surface area contributed by atoms with Crippen molar-refractivity contribution in [2.45, 2.75) is 25.7 Å². The van der Waals surface area contributed by atoms with Crippen LogP contribution in [0.25, 0.3) is 0 Å². The average Bonchev–Trinajstić information content (AvgIpc) is 1.87. The number of ether oxygens (including phenoxy) is 1. The second-order valence-electron chi connectivity index (χ2n) is 2.46. The Morgan fingerprint density at radius 2 is 1.91 bits per heavy atom. The Bertz CT molecular complexity index is 150. The Morgan fingerprint density at radius 1 is 1.18 bits per heavy atom. The van der Waals surface area contributed by atoms with Crippen molar-refractivity contribution in [3.05, 3.63) is 24.0 Å². The topological polar surface area (TPSA) is 9.23 Å². The van der Waals surface area contributed by atoms with Crippen LogP contribution in [0.3, 0.4) is 0 Å². The molecule has 0 saturated carbocycles. The van der Waals surface area contributed by atoms with E-state index < -0.39 is 0 Å². The van der Waals surface area contributed by atoms with Crippen LogP contribution in [-0.4, -0.2) is 7.11 Å². The molecular formula is C9H14IrO+. The fourth-order valence-corrected chi connectivity index (χ4v) is 1.09. The van der Waals surface area contributed by atoms with E-state index in [4.69, 9.17) is 4.74 Å². The van der Waals surface area contributed by atoms with Gasteiger partial charge in [-0.15, -0.1) is 0 Å². The van der Waals surface area contributed by atoms with Gasteiger partial charge < -0.3 is 4.74 Å². The molecule has 0 fully saturated rings. The van der Waals surface area contributed by atoms with Gasteiger partial charge in [0.25, 0.3) is 0 Å². The van der Waals surface area contributed by atoms with Crippen molar-refractivity contribution in [2.75, 3.05) is 7.11 Å². The van der Waals surface area contributed by atoms with Gasteiger partial charge >= 0.3 is 20.1 Å². The van der Waals surface area contributed by atoms with E-state index in [0.29, 0.717) is 0 Å². The zero-order valence-corrected chi connectivity index (χ0v) is 9.20. The molecule has 1 rings (SSSR count). The molecule has 0 radical (unpaired) electrons. The van der Waals surface area contributed by atoms with Crippen LogP contribution < -0.4 is 0 Å². The summed E-state index contributed by atoms with van der Waals surface area (Å²) in [5.74, 6) is 1.14. The smallest absolute Gasteiger partial charge is 0.501 e. The number of methoxy groups -OCH3 is 1. The number of allylic oxidation sites excluding steroid dienone is 4. The normalized spacial score (nSPS) is 17.4. The fraction of sp³-hybridized carbons (Fsp3) is 0.556. The Hall–Kier alpha value is -0.0706. The molecule has 1 nitrogen and oxygen atoms in total. The van der Waals surface area contributed by atoms with E-state index in [0.717, 1.165) is 31.4 Å². The SMILES string of the molecule is COC1=CCCC=CCC1.[Ir+]. The van der Waals surface area contributed by atoms with E-state index in [1.807, 2.05) is 0 Å². The molecule has 64 valence electrons. The van der Waals surface area contributed by atoms with Crippen LogP contribution in [0.1, 0.15) is 25.7 Å². The summed E-state index contributed by atoms with van der Waals surface area (Å²) < 4.78 is 5.15. The molecule has 0 heterocycles. The van der Waals surface area contributed by atoms with Crippen molar-refractivity contribution in [2.24, 2.45) is 0 Å². The Kier molecular flexibility index (Phi) is 6.59. The quantitative estimate of drug-likeness (QED) is 0.672. The van der Waals surface area contributed by atoms with Gasteiger partial charge in [-0.2, -0.15) is 0 Å². The molecular weight excluding hydrogens is 316 g/mol. The van der Waals surface area contributed by atoms with E-state index in [-0.39, 0.29) is 20.1 Å². The summed E-state index contributed by atoms with van der Waals surface area (Å²) >= 11 is 0. The molecule has 1 aliphatic carbocycles. The number of rotatable bonds is 1. The van der Waals surface area contributed by atoms with Crippen LogP contribution in [0.2, 0.25) is 0 Å². The average molecular weight is 330 g/mol. The molecule has 11 heavy (non-hydrogen) atoms. The van der Waals surface area contributed by atoms with Crippen LogP contribution >= 0.6 is 0 Å². The first-order valence-corrected chi connectivity index (χ1v) is 3.81. The zero-order valence-electron chi connectivity index (χ0n) is 6.80. The summed E-state index contributed by atoms with van der Waals surface area (Å²) in [6.45, 7) is 0. The Labute approximate surface area is 81.9 Å². The first-order chi connectivity index (χ1) is 4.93. The van der Waals surface area contributed by atoms with Gasteiger partial charge in [0.1, 0.15) is 0 Å². The molecule has 0 aliphatic heterocycles. The van der Waals surface area contributed by atoms with E-state index in [1.54, 1.807) is 7.11 Å². The Balaban J connectivity index is 0.000001000. The molecule has 0 amide bonds. The molecule has 0 saturated heterocycles. The van der Waals surface area contributed by atoms with Crippen molar-refractivity contribution in [1.29, 1.82) is 0 Å². The molecule has 0 aromatic rings. The van der Waals surface area contributed by atoms with E-state index in [1.165, 1.54) is 0 Å². The molecule has 0 spiro atoms. The van der Waals surface area contributed by atoms with Gasteiger partial charge in [0, 0.05) is 6.42 Å². The summed E-state index contributed by atoms with van der Waals surface area (Å²) in [6, 6.07) is 0. The van der Waals surface area contributed by atoms with Crippen LogP contribution in [0.5, 0.6) is 0 Å². The Morgan fingerprint density at radius 3 is 2.64 bits per heavy atom. The largest absolute Gasteiger partial charge is 1.00 e. The zero-order chi connectivity index (χ0) is 7.23. The summed E-state index contributed by atoms with van der Waals surface area (Å²) in [7, 11) is 1.75. The number of hydrogen-bond acceptors (Lipinski definition) is 1. The van der Waals surface area contributed by atoms with Crippen molar-refractivity contribution >= 4 is 0 Å². The van der Waals surface area contributed by atoms with E-state index in [9.17, 15) is 0 Å². The number of hydrogen-bond donors (Lipinski definition) is 0. The van der Waals surface area contributed by atoms with Crippen LogP contribution in [-0.2, 0) is 24.8 Å². The molecule has 0 bridgehead atoms. The molecule has 0 unspecified atom stereocenters. The van der Waals surface area contributed by atoms with Crippen molar-refractivity contribution < 1.29 is 24.8 Å². The molecule has 0 atom stereocenters. The third-order valence-corrected chi connectivity index (χ3v) is 1.69.